The zero-order valence-electron chi connectivity index (χ0n) is 16.2. The molecule has 0 amide bonds. The Bertz CT molecular complexity index is 939. The fourth-order valence-electron chi connectivity index (χ4n) is 3.72. The summed E-state index contributed by atoms with van der Waals surface area (Å²) in [5.41, 5.74) is 3.70. The molecule has 0 spiro atoms. The molecular formula is C22H27N4O2+. The first-order chi connectivity index (χ1) is 13.7. The Balaban J connectivity index is 1.33. The van der Waals surface area contributed by atoms with Gasteiger partial charge in [0, 0.05) is 24.7 Å². The Hall–Kier alpha value is -2.70. The molecule has 1 saturated heterocycles. The van der Waals surface area contributed by atoms with Gasteiger partial charge in [-0.1, -0.05) is 48.0 Å². The van der Waals surface area contributed by atoms with Crippen molar-refractivity contribution in [3.63, 3.8) is 0 Å². The summed E-state index contributed by atoms with van der Waals surface area (Å²) in [6, 6.07) is 19.0. The fraction of sp³-hybridized carbons (Fsp3) is 0.364. The van der Waals surface area contributed by atoms with Crippen molar-refractivity contribution in [3.8, 4) is 5.69 Å². The van der Waals surface area contributed by atoms with Gasteiger partial charge in [-0.3, -0.25) is 9.42 Å². The van der Waals surface area contributed by atoms with Crippen LogP contribution in [0.1, 0.15) is 29.7 Å². The molecule has 2 N–H and O–H groups in total. The number of aromatic amines is 1. The molecule has 0 saturated carbocycles. The van der Waals surface area contributed by atoms with Crippen molar-refractivity contribution in [2.45, 2.75) is 38.9 Å². The van der Waals surface area contributed by atoms with E-state index in [2.05, 4.69) is 45.8 Å². The van der Waals surface area contributed by atoms with Crippen LogP contribution in [0, 0.1) is 6.92 Å². The normalized spacial score (nSPS) is 15.8. The number of piperidine rings is 1. The number of nitrogens with one attached hydrogen (secondary N) is 2. The first-order valence-electron chi connectivity index (χ1n) is 9.88. The summed E-state index contributed by atoms with van der Waals surface area (Å²) in [5, 5.41) is 6.26. The fourth-order valence-corrected chi connectivity index (χ4v) is 3.72. The highest BCUT2D eigenvalue weighted by atomic mass is 16.5. The van der Waals surface area contributed by atoms with Crippen LogP contribution in [0.3, 0.4) is 0 Å². The van der Waals surface area contributed by atoms with Crippen LogP contribution in [0.4, 0.5) is 0 Å². The number of benzene rings is 2. The van der Waals surface area contributed by atoms with Crippen LogP contribution in [0.2, 0.25) is 0 Å². The molecule has 2 aromatic carbocycles. The summed E-state index contributed by atoms with van der Waals surface area (Å²) in [6.45, 7) is 5.66. The van der Waals surface area contributed by atoms with Crippen molar-refractivity contribution in [1.29, 1.82) is 0 Å². The minimum atomic E-state index is -0.324. The van der Waals surface area contributed by atoms with Crippen LogP contribution in [0.5, 0.6) is 0 Å². The number of nitrogens with zero attached hydrogens (tertiary/aromatic N) is 2. The van der Waals surface area contributed by atoms with Gasteiger partial charge in [-0.2, -0.15) is 0 Å². The lowest BCUT2D eigenvalue weighted by molar-refractivity contribution is -0.677. The molecule has 146 valence electrons. The second-order valence-corrected chi connectivity index (χ2v) is 7.52. The van der Waals surface area contributed by atoms with Gasteiger partial charge in [0.05, 0.1) is 6.54 Å². The second kappa shape index (κ2) is 8.54. The van der Waals surface area contributed by atoms with E-state index in [-0.39, 0.29) is 5.63 Å². The molecule has 0 unspecified atom stereocenters. The summed E-state index contributed by atoms with van der Waals surface area (Å²) in [6.07, 6.45) is 2.15. The highest BCUT2D eigenvalue weighted by Crippen LogP contribution is 2.14. The Morgan fingerprint density at radius 3 is 2.54 bits per heavy atom. The molecule has 0 bridgehead atoms. The maximum absolute atomic E-state index is 12.1. The average molecular weight is 379 g/mol. The number of hydrogen-bond donors (Lipinski definition) is 2. The second-order valence-electron chi connectivity index (χ2n) is 7.52. The molecule has 3 aromatic rings. The van der Waals surface area contributed by atoms with Crippen LogP contribution >= 0.6 is 0 Å². The predicted octanol–water partition coefficient (Wildman–Crippen LogP) is 2.31. The topological polar surface area (TPSA) is 65.2 Å². The molecule has 1 aliphatic heterocycles. The maximum atomic E-state index is 12.1. The van der Waals surface area contributed by atoms with Crippen LogP contribution in [-0.4, -0.2) is 29.3 Å². The van der Waals surface area contributed by atoms with Gasteiger partial charge in [0.1, 0.15) is 0 Å². The quantitative estimate of drug-likeness (QED) is 0.645. The van der Waals surface area contributed by atoms with Crippen molar-refractivity contribution in [3.05, 3.63) is 81.8 Å². The van der Waals surface area contributed by atoms with Gasteiger partial charge < -0.3 is 5.32 Å². The van der Waals surface area contributed by atoms with Gasteiger partial charge in [-0.15, -0.1) is 0 Å². The van der Waals surface area contributed by atoms with E-state index in [1.54, 1.807) is 4.68 Å². The molecule has 6 nitrogen and oxygen atoms in total. The van der Waals surface area contributed by atoms with E-state index in [1.807, 2.05) is 31.2 Å². The summed E-state index contributed by atoms with van der Waals surface area (Å²) in [4.78, 5) is 14.6. The minimum Gasteiger partial charge on any atom is -0.304 e. The van der Waals surface area contributed by atoms with Crippen molar-refractivity contribution in [2.75, 3.05) is 13.1 Å². The molecule has 0 atom stereocenters. The average Bonchev–Trinajstić information content (AvgIpc) is 3.09. The highest BCUT2D eigenvalue weighted by molar-refractivity contribution is 5.26. The van der Waals surface area contributed by atoms with Gasteiger partial charge in [0.15, 0.2) is 0 Å². The third-order valence-electron chi connectivity index (χ3n) is 5.42. The van der Waals surface area contributed by atoms with Gasteiger partial charge >= 0.3 is 11.3 Å². The van der Waals surface area contributed by atoms with E-state index in [9.17, 15) is 4.79 Å². The van der Waals surface area contributed by atoms with Gasteiger partial charge in [-0.25, -0.2) is 4.79 Å². The number of H-pyrrole nitrogens is 1. The van der Waals surface area contributed by atoms with Crippen molar-refractivity contribution in [1.82, 2.24) is 15.5 Å². The standard InChI is InChI=1S/C22H26N4O2/c1-17-7-9-20(10-8-17)26-21(22(27)28-24-26)15-23-19-11-13-25(14-12-19)16-18-5-3-2-4-6-18/h2-10,19,23H,11-16H2,1H3/p+1. The maximum Gasteiger partial charge on any atom is 0.431 e. The Labute approximate surface area is 164 Å². The smallest absolute Gasteiger partial charge is 0.304 e. The van der Waals surface area contributed by atoms with Gasteiger partial charge in [0.25, 0.3) is 0 Å². The zero-order chi connectivity index (χ0) is 19.3. The molecular weight excluding hydrogens is 352 g/mol. The van der Waals surface area contributed by atoms with Crippen LogP contribution in [-0.2, 0) is 13.1 Å². The molecule has 6 heteroatoms. The van der Waals surface area contributed by atoms with E-state index in [0.717, 1.165) is 38.2 Å². The molecule has 1 aliphatic rings. The summed E-state index contributed by atoms with van der Waals surface area (Å²) in [5.74, 6) is 0. The predicted molar refractivity (Wildman–Crippen MR) is 107 cm³/mol. The molecule has 1 aromatic heterocycles. The lowest BCUT2D eigenvalue weighted by Gasteiger charge is -2.32. The lowest BCUT2D eigenvalue weighted by Crippen LogP contribution is -2.45. The number of aromatic nitrogens is 2. The van der Waals surface area contributed by atoms with Gasteiger partial charge in [-0.05, 0) is 48.4 Å². The Kier molecular flexibility index (Phi) is 5.69. The summed E-state index contributed by atoms with van der Waals surface area (Å²) < 4.78 is 6.76. The third-order valence-corrected chi connectivity index (χ3v) is 5.42. The van der Waals surface area contributed by atoms with Crippen LogP contribution < -0.4 is 15.6 Å². The largest absolute Gasteiger partial charge is 0.431 e. The first-order valence-corrected chi connectivity index (χ1v) is 9.88. The summed E-state index contributed by atoms with van der Waals surface area (Å²) in [7, 11) is 0. The lowest BCUT2D eigenvalue weighted by atomic mass is 10.0. The Morgan fingerprint density at radius 1 is 1.11 bits per heavy atom. The zero-order valence-corrected chi connectivity index (χ0v) is 16.2. The molecule has 0 radical (unpaired) electrons. The number of hydrogen-bond acceptors (Lipinski definition) is 4. The molecule has 0 aliphatic carbocycles. The molecule has 1 fully saturated rings. The van der Waals surface area contributed by atoms with E-state index in [1.165, 1.54) is 11.1 Å². The molecule has 28 heavy (non-hydrogen) atoms. The number of rotatable bonds is 6. The third kappa shape index (κ3) is 4.40. The number of likely N-dealkylation sites (tertiary alicyclic amines) is 1. The van der Waals surface area contributed by atoms with Crippen molar-refractivity contribution < 1.29 is 9.20 Å². The minimum absolute atomic E-state index is 0.324. The monoisotopic (exact) mass is 379 g/mol. The van der Waals surface area contributed by atoms with E-state index >= 15 is 0 Å². The van der Waals surface area contributed by atoms with Gasteiger partial charge in [0.2, 0.25) is 5.69 Å². The molecule has 4 rings (SSSR count). The van der Waals surface area contributed by atoms with Crippen molar-refractivity contribution >= 4 is 0 Å². The van der Waals surface area contributed by atoms with E-state index in [4.69, 9.17) is 4.52 Å². The van der Waals surface area contributed by atoms with Crippen molar-refractivity contribution in [2.24, 2.45) is 0 Å². The SMILES string of the molecule is Cc1ccc(-[n+]2[nH]oc(=O)c2CNC2CCN(Cc3ccccc3)CC2)cc1. The molecule has 2 heterocycles. The highest BCUT2D eigenvalue weighted by Gasteiger charge is 2.25. The van der Waals surface area contributed by atoms with Crippen LogP contribution in [0.25, 0.3) is 5.69 Å². The van der Waals surface area contributed by atoms with E-state index < -0.39 is 0 Å². The van der Waals surface area contributed by atoms with Crippen LogP contribution in [0.15, 0.2) is 63.9 Å². The summed E-state index contributed by atoms with van der Waals surface area (Å²) >= 11 is 0. The van der Waals surface area contributed by atoms with E-state index in [0.29, 0.717) is 18.3 Å². The number of aryl methyl sites for hydroxylation is 1. The first kappa shape index (κ1) is 18.7. The Morgan fingerprint density at radius 2 is 1.82 bits per heavy atom.